The smallest absolute Gasteiger partial charge is 0.338 e. The van der Waals surface area contributed by atoms with Gasteiger partial charge < -0.3 is 9.15 Å². The lowest BCUT2D eigenvalue weighted by molar-refractivity contribution is -0.138. The fourth-order valence-corrected chi connectivity index (χ4v) is 6.50. The summed E-state index contributed by atoms with van der Waals surface area (Å²) < 4.78 is 27.2. The van der Waals surface area contributed by atoms with Crippen molar-refractivity contribution >= 4 is 52.4 Å². The normalized spacial score (nSPS) is 14.9. The van der Waals surface area contributed by atoms with Crippen molar-refractivity contribution in [1.29, 1.82) is 0 Å². The zero-order chi connectivity index (χ0) is 29.2. The molecule has 210 valence electrons. The number of rotatable bonds is 7. The molecule has 0 unspecified atom stereocenters. The zero-order valence-electron chi connectivity index (χ0n) is 22.1. The van der Waals surface area contributed by atoms with Crippen LogP contribution in [0, 0.1) is 5.82 Å². The van der Waals surface area contributed by atoms with Gasteiger partial charge in [-0.05, 0) is 61.0 Å². The van der Waals surface area contributed by atoms with Crippen molar-refractivity contribution in [2.75, 3.05) is 6.61 Å². The van der Waals surface area contributed by atoms with Gasteiger partial charge in [-0.1, -0.05) is 77.2 Å². The van der Waals surface area contributed by atoms with Crippen LogP contribution in [0.25, 0.3) is 11.8 Å². The van der Waals surface area contributed by atoms with Gasteiger partial charge in [-0.25, -0.2) is 14.2 Å². The van der Waals surface area contributed by atoms with Gasteiger partial charge in [-0.15, -0.1) is 0 Å². The molecule has 0 spiro atoms. The number of ether oxygens (including phenoxy) is 1. The van der Waals surface area contributed by atoms with Crippen molar-refractivity contribution in [2.45, 2.75) is 23.0 Å². The number of aromatic nitrogens is 1. The van der Waals surface area contributed by atoms with Gasteiger partial charge in [-0.2, -0.15) is 0 Å². The fourth-order valence-electron chi connectivity index (χ4n) is 4.62. The predicted octanol–water partition coefficient (Wildman–Crippen LogP) is 6.47. The Balaban J connectivity index is 1.50. The van der Waals surface area contributed by atoms with Gasteiger partial charge in [0.25, 0.3) is 5.56 Å². The lowest BCUT2D eigenvalue weighted by atomic mass is 9.93. The molecule has 0 N–H and O–H groups in total. The highest BCUT2D eigenvalue weighted by Crippen LogP contribution is 2.35. The first-order chi connectivity index (χ1) is 20.4. The second-order valence-corrected chi connectivity index (χ2v) is 11.7. The SMILES string of the molecule is CCOC(=O)C1=C(c2ccccc2)N=c2s/c(=C/c3ccc(Sc4ccc(Cl)cc4)o3)c(=O)n2[C@H]1c1ccc(F)cc1. The Kier molecular flexibility index (Phi) is 7.97. The average Bonchev–Trinajstić information content (AvgIpc) is 3.57. The highest BCUT2D eigenvalue weighted by Gasteiger charge is 2.35. The van der Waals surface area contributed by atoms with Gasteiger partial charge in [0.1, 0.15) is 11.6 Å². The Morgan fingerprint density at radius 1 is 1.07 bits per heavy atom. The molecule has 6 rings (SSSR count). The molecule has 0 fully saturated rings. The predicted molar refractivity (Wildman–Crippen MR) is 162 cm³/mol. The number of furan rings is 1. The van der Waals surface area contributed by atoms with E-state index in [4.69, 9.17) is 25.7 Å². The second kappa shape index (κ2) is 12.0. The number of carbonyl (C=O) groups excluding carboxylic acids is 1. The number of carbonyl (C=O) groups is 1. The third kappa shape index (κ3) is 5.63. The minimum absolute atomic E-state index is 0.139. The van der Waals surface area contributed by atoms with Gasteiger partial charge in [0.2, 0.25) is 0 Å². The minimum atomic E-state index is -0.883. The van der Waals surface area contributed by atoms with Crippen LogP contribution in [0.1, 0.15) is 29.9 Å². The molecule has 1 aliphatic heterocycles. The molecule has 0 bridgehead atoms. The Bertz CT molecular complexity index is 1980. The number of hydrogen-bond donors (Lipinski definition) is 0. The van der Waals surface area contributed by atoms with Gasteiger partial charge in [0, 0.05) is 21.6 Å². The van der Waals surface area contributed by atoms with Crippen molar-refractivity contribution in [3.05, 3.63) is 144 Å². The van der Waals surface area contributed by atoms with Crippen LogP contribution in [-0.4, -0.2) is 17.1 Å². The molecule has 2 aromatic heterocycles. The first kappa shape index (κ1) is 28.0. The number of nitrogens with zero attached hydrogens (tertiary/aromatic N) is 2. The first-order valence-electron chi connectivity index (χ1n) is 13.0. The summed E-state index contributed by atoms with van der Waals surface area (Å²) in [6.45, 7) is 1.85. The molecule has 1 atom stereocenters. The second-order valence-electron chi connectivity index (χ2n) is 9.20. The molecule has 3 heterocycles. The number of hydrogen-bond acceptors (Lipinski definition) is 7. The number of esters is 1. The lowest BCUT2D eigenvalue weighted by Crippen LogP contribution is -2.40. The van der Waals surface area contributed by atoms with Crippen molar-refractivity contribution in [3.8, 4) is 0 Å². The van der Waals surface area contributed by atoms with E-state index in [1.165, 1.54) is 39.8 Å². The topological polar surface area (TPSA) is 73.8 Å². The highest BCUT2D eigenvalue weighted by atomic mass is 35.5. The van der Waals surface area contributed by atoms with Crippen LogP contribution in [0.4, 0.5) is 4.39 Å². The number of thiazole rings is 1. The maximum Gasteiger partial charge on any atom is 0.338 e. The van der Waals surface area contributed by atoms with Crippen LogP contribution in [0.15, 0.2) is 121 Å². The van der Waals surface area contributed by atoms with Crippen LogP contribution in [0.5, 0.6) is 0 Å². The summed E-state index contributed by atoms with van der Waals surface area (Å²) in [7, 11) is 0. The molecule has 10 heteroatoms. The minimum Gasteiger partial charge on any atom is -0.463 e. The summed E-state index contributed by atoms with van der Waals surface area (Å²) in [5.41, 5.74) is 1.49. The Hall–Kier alpha value is -4.18. The highest BCUT2D eigenvalue weighted by molar-refractivity contribution is 7.99. The maximum atomic E-state index is 13.9. The summed E-state index contributed by atoms with van der Waals surface area (Å²) in [5.74, 6) is -0.539. The Labute approximate surface area is 253 Å². The van der Waals surface area contributed by atoms with E-state index < -0.39 is 17.8 Å². The van der Waals surface area contributed by atoms with Crippen LogP contribution in [0.3, 0.4) is 0 Å². The van der Waals surface area contributed by atoms with Gasteiger partial charge >= 0.3 is 5.97 Å². The van der Waals surface area contributed by atoms with Crippen LogP contribution < -0.4 is 14.9 Å². The monoisotopic (exact) mass is 616 g/mol. The number of halogens is 2. The molecule has 0 saturated carbocycles. The van der Waals surface area contributed by atoms with E-state index >= 15 is 0 Å². The van der Waals surface area contributed by atoms with E-state index in [1.807, 2.05) is 48.5 Å². The van der Waals surface area contributed by atoms with Crippen molar-refractivity contribution in [3.63, 3.8) is 0 Å². The van der Waals surface area contributed by atoms with E-state index in [-0.39, 0.29) is 17.7 Å². The molecular weight excluding hydrogens is 595 g/mol. The molecule has 5 aromatic rings. The average molecular weight is 617 g/mol. The summed E-state index contributed by atoms with van der Waals surface area (Å²) in [5, 5.41) is 1.30. The molecule has 42 heavy (non-hydrogen) atoms. The van der Waals surface area contributed by atoms with E-state index in [0.717, 1.165) is 4.90 Å². The number of fused-ring (bicyclic) bond motifs is 1. The van der Waals surface area contributed by atoms with E-state index in [1.54, 1.807) is 43.3 Å². The fraction of sp³-hybridized carbons (Fsp3) is 0.0938. The van der Waals surface area contributed by atoms with Crippen molar-refractivity contribution < 1.29 is 18.3 Å². The molecule has 6 nitrogen and oxygen atoms in total. The molecule has 3 aromatic carbocycles. The lowest BCUT2D eigenvalue weighted by Gasteiger charge is -2.25. The largest absolute Gasteiger partial charge is 0.463 e. The standard InChI is InChI=1S/C32H22ClFN2O4S2/c1-2-39-31(38)27-28(19-6-4-3-5-7-19)35-32-36(29(27)20-8-12-22(34)13-9-20)30(37)25(42-32)18-23-14-17-26(40-23)41-24-15-10-21(33)11-16-24/h3-18,29H,2H2,1H3/b25-18+/t29-/m0/s1. The molecule has 1 aliphatic rings. The third-order valence-corrected chi connectivity index (χ3v) is 8.63. The summed E-state index contributed by atoms with van der Waals surface area (Å²) >= 11 is 8.60. The third-order valence-electron chi connectivity index (χ3n) is 6.47. The summed E-state index contributed by atoms with van der Waals surface area (Å²) in [6.07, 6.45) is 1.66. The molecular formula is C32H22ClFN2O4S2. The van der Waals surface area contributed by atoms with Crippen molar-refractivity contribution in [2.24, 2.45) is 4.99 Å². The maximum absolute atomic E-state index is 13.9. The first-order valence-corrected chi connectivity index (χ1v) is 15.0. The van der Waals surface area contributed by atoms with E-state index in [9.17, 15) is 14.0 Å². The van der Waals surface area contributed by atoms with Gasteiger partial charge in [0.15, 0.2) is 9.89 Å². The summed E-state index contributed by atoms with van der Waals surface area (Å²) in [6, 6.07) is 25.1. The summed E-state index contributed by atoms with van der Waals surface area (Å²) in [4.78, 5) is 33.6. The van der Waals surface area contributed by atoms with Gasteiger partial charge in [-0.3, -0.25) is 9.36 Å². The van der Waals surface area contributed by atoms with Crippen LogP contribution in [0.2, 0.25) is 5.02 Å². The molecule has 0 saturated heterocycles. The van der Waals surface area contributed by atoms with E-state index in [2.05, 4.69) is 0 Å². The quantitative estimate of drug-likeness (QED) is 0.196. The van der Waals surface area contributed by atoms with Gasteiger partial charge in [0.05, 0.1) is 28.5 Å². The molecule has 0 radical (unpaired) electrons. The van der Waals surface area contributed by atoms with Crippen molar-refractivity contribution in [1.82, 2.24) is 4.57 Å². The Morgan fingerprint density at radius 2 is 1.81 bits per heavy atom. The number of benzene rings is 3. The van der Waals surface area contributed by atoms with Crippen LogP contribution >= 0.6 is 34.7 Å². The molecule has 0 aliphatic carbocycles. The molecule has 0 amide bonds. The van der Waals surface area contributed by atoms with E-state index in [0.29, 0.717) is 42.0 Å². The zero-order valence-corrected chi connectivity index (χ0v) is 24.5. The Morgan fingerprint density at radius 3 is 2.52 bits per heavy atom. The van der Waals surface area contributed by atoms with Crippen LogP contribution in [-0.2, 0) is 9.53 Å².